The first-order valence-electron chi connectivity index (χ1n) is 7.57. The summed E-state index contributed by atoms with van der Waals surface area (Å²) in [5.41, 5.74) is 3.23. The quantitative estimate of drug-likeness (QED) is 0.647. The lowest BCUT2D eigenvalue weighted by atomic mass is 10.1. The maximum Gasteiger partial charge on any atom is 0.416 e. The van der Waals surface area contributed by atoms with Crippen molar-refractivity contribution in [2.75, 3.05) is 6.54 Å². The van der Waals surface area contributed by atoms with Gasteiger partial charge in [0, 0.05) is 10.6 Å². The molecule has 148 valence electrons. The molecular weight excluding hydrogens is 422 g/mol. The summed E-state index contributed by atoms with van der Waals surface area (Å²) in [5.74, 6) is -2.25. The van der Waals surface area contributed by atoms with Gasteiger partial charge >= 0.3 is 6.18 Å². The molecule has 0 fully saturated rings. The van der Waals surface area contributed by atoms with Crippen LogP contribution in [0.5, 0.6) is 0 Å². The number of nitrogens with one attached hydrogen (secondary N) is 3. The monoisotopic (exact) mass is 433 g/mol. The van der Waals surface area contributed by atoms with Crippen molar-refractivity contribution in [2.45, 2.75) is 6.18 Å². The highest BCUT2D eigenvalue weighted by Gasteiger charge is 2.30. The Hall–Kier alpha value is -2.78. The smallest absolute Gasteiger partial charge is 0.343 e. The van der Waals surface area contributed by atoms with Crippen LogP contribution in [0.25, 0.3) is 0 Å². The summed E-state index contributed by atoms with van der Waals surface area (Å²) in [7, 11) is 0. The van der Waals surface area contributed by atoms with E-state index in [1.54, 1.807) is 0 Å². The van der Waals surface area contributed by atoms with Crippen molar-refractivity contribution < 1.29 is 27.6 Å². The SMILES string of the molecule is O=C(CNC(=O)c1ccc(C(F)(F)F)cc1)NNC(=O)c1cc(Cl)ccc1Cl. The summed E-state index contributed by atoms with van der Waals surface area (Å²) in [6.45, 7) is -0.524. The van der Waals surface area contributed by atoms with Gasteiger partial charge in [-0.2, -0.15) is 13.2 Å². The van der Waals surface area contributed by atoms with Gasteiger partial charge in [-0.3, -0.25) is 25.2 Å². The Morgan fingerprint density at radius 3 is 2.14 bits per heavy atom. The van der Waals surface area contributed by atoms with E-state index in [1.807, 2.05) is 0 Å². The van der Waals surface area contributed by atoms with E-state index in [2.05, 4.69) is 16.2 Å². The molecule has 0 aliphatic rings. The zero-order valence-electron chi connectivity index (χ0n) is 13.9. The Balaban J connectivity index is 1.84. The summed E-state index contributed by atoms with van der Waals surface area (Å²) in [6.07, 6.45) is -4.51. The lowest BCUT2D eigenvalue weighted by Crippen LogP contribution is -2.46. The van der Waals surface area contributed by atoms with Gasteiger partial charge in [0.2, 0.25) is 0 Å². The molecule has 6 nitrogen and oxygen atoms in total. The van der Waals surface area contributed by atoms with E-state index in [4.69, 9.17) is 23.2 Å². The molecule has 0 unspecified atom stereocenters. The Morgan fingerprint density at radius 1 is 0.893 bits per heavy atom. The zero-order valence-corrected chi connectivity index (χ0v) is 15.4. The number of carbonyl (C=O) groups excluding carboxylic acids is 3. The summed E-state index contributed by atoms with van der Waals surface area (Å²) in [5, 5.41) is 2.60. The molecule has 3 amide bonds. The third-order valence-corrected chi connectivity index (χ3v) is 3.94. The van der Waals surface area contributed by atoms with Gasteiger partial charge in [-0.15, -0.1) is 0 Å². The number of rotatable bonds is 4. The molecule has 0 bridgehead atoms. The van der Waals surface area contributed by atoms with E-state index in [0.717, 1.165) is 24.3 Å². The van der Waals surface area contributed by atoms with Crippen molar-refractivity contribution in [1.82, 2.24) is 16.2 Å². The van der Waals surface area contributed by atoms with Crippen molar-refractivity contribution in [3.05, 3.63) is 69.2 Å². The van der Waals surface area contributed by atoms with Gasteiger partial charge in [-0.05, 0) is 42.5 Å². The predicted octanol–water partition coefficient (Wildman–Crippen LogP) is 3.20. The van der Waals surface area contributed by atoms with Crippen molar-refractivity contribution >= 4 is 40.9 Å². The number of amides is 3. The third-order valence-electron chi connectivity index (χ3n) is 3.37. The first-order valence-corrected chi connectivity index (χ1v) is 8.33. The van der Waals surface area contributed by atoms with Gasteiger partial charge in [0.15, 0.2) is 0 Å². The number of halogens is 5. The van der Waals surface area contributed by atoms with Gasteiger partial charge in [-0.1, -0.05) is 23.2 Å². The fraction of sp³-hybridized carbons (Fsp3) is 0.118. The van der Waals surface area contributed by atoms with Gasteiger partial charge in [-0.25, -0.2) is 0 Å². The molecule has 11 heteroatoms. The fourth-order valence-electron chi connectivity index (χ4n) is 1.98. The lowest BCUT2D eigenvalue weighted by Gasteiger charge is -2.10. The molecule has 0 radical (unpaired) electrons. The summed E-state index contributed by atoms with van der Waals surface area (Å²) >= 11 is 11.6. The summed E-state index contributed by atoms with van der Waals surface area (Å²) in [4.78, 5) is 35.5. The first-order chi connectivity index (χ1) is 13.1. The summed E-state index contributed by atoms with van der Waals surface area (Å²) in [6, 6.07) is 7.67. The number of hydrogen-bond donors (Lipinski definition) is 3. The van der Waals surface area contributed by atoms with Crippen molar-refractivity contribution in [3.8, 4) is 0 Å². The van der Waals surface area contributed by atoms with Crippen LogP contribution >= 0.6 is 23.2 Å². The molecule has 0 saturated carbocycles. The molecule has 3 N–H and O–H groups in total. The second kappa shape index (κ2) is 8.94. The number of hydrogen-bond acceptors (Lipinski definition) is 3. The third kappa shape index (κ3) is 5.86. The molecule has 28 heavy (non-hydrogen) atoms. The van der Waals surface area contributed by atoms with E-state index in [-0.39, 0.29) is 21.2 Å². The zero-order chi connectivity index (χ0) is 20.9. The van der Waals surface area contributed by atoms with E-state index >= 15 is 0 Å². The van der Waals surface area contributed by atoms with E-state index in [0.29, 0.717) is 0 Å². The molecule has 2 aromatic carbocycles. The van der Waals surface area contributed by atoms with Crippen LogP contribution in [0.15, 0.2) is 42.5 Å². The highest BCUT2D eigenvalue weighted by molar-refractivity contribution is 6.35. The van der Waals surface area contributed by atoms with Crippen molar-refractivity contribution in [2.24, 2.45) is 0 Å². The molecule has 0 aromatic heterocycles. The second-order valence-corrected chi connectivity index (χ2v) is 6.23. The molecule has 0 aliphatic heterocycles. The Kier molecular flexibility index (Phi) is 6.87. The highest BCUT2D eigenvalue weighted by atomic mass is 35.5. The van der Waals surface area contributed by atoms with Crippen LogP contribution in [-0.4, -0.2) is 24.3 Å². The maximum absolute atomic E-state index is 12.5. The average Bonchev–Trinajstić information content (AvgIpc) is 2.65. The van der Waals surface area contributed by atoms with Gasteiger partial charge in [0.1, 0.15) is 0 Å². The molecule has 0 saturated heterocycles. The normalized spacial score (nSPS) is 10.9. The second-order valence-electron chi connectivity index (χ2n) is 5.38. The Bertz CT molecular complexity index is 903. The van der Waals surface area contributed by atoms with Crippen molar-refractivity contribution in [1.29, 1.82) is 0 Å². The number of carbonyl (C=O) groups is 3. The van der Waals surface area contributed by atoms with Crippen LogP contribution < -0.4 is 16.2 Å². The Labute approximate surface area is 167 Å². The highest BCUT2D eigenvalue weighted by Crippen LogP contribution is 2.29. The van der Waals surface area contributed by atoms with Crippen LogP contribution in [0.3, 0.4) is 0 Å². The van der Waals surface area contributed by atoms with E-state index < -0.39 is 36.0 Å². The van der Waals surface area contributed by atoms with E-state index in [9.17, 15) is 27.6 Å². The van der Waals surface area contributed by atoms with Gasteiger partial charge in [0.05, 0.1) is 22.7 Å². The average molecular weight is 434 g/mol. The standard InChI is InChI=1S/C17H12Cl2F3N3O3/c18-11-5-6-13(19)12(7-11)16(28)25-24-14(26)8-23-15(27)9-1-3-10(4-2-9)17(20,21)22/h1-7H,8H2,(H,23,27)(H,24,26)(H,25,28). The lowest BCUT2D eigenvalue weighted by molar-refractivity contribution is -0.137. The number of benzene rings is 2. The van der Waals surface area contributed by atoms with Crippen molar-refractivity contribution in [3.63, 3.8) is 0 Å². The molecule has 2 aromatic rings. The van der Waals surface area contributed by atoms with E-state index in [1.165, 1.54) is 18.2 Å². The fourth-order valence-corrected chi connectivity index (χ4v) is 2.36. The number of alkyl halides is 3. The minimum absolute atomic E-state index is 0.0308. The molecule has 0 atom stereocenters. The molecule has 2 rings (SSSR count). The van der Waals surface area contributed by atoms with Crippen LogP contribution in [0.1, 0.15) is 26.3 Å². The molecule has 0 spiro atoms. The van der Waals surface area contributed by atoms with Crippen LogP contribution in [0.4, 0.5) is 13.2 Å². The van der Waals surface area contributed by atoms with Gasteiger partial charge < -0.3 is 5.32 Å². The molecule has 0 heterocycles. The number of hydrazine groups is 1. The topological polar surface area (TPSA) is 87.3 Å². The molecular formula is C17H12Cl2F3N3O3. The van der Waals surface area contributed by atoms with Crippen LogP contribution in [-0.2, 0) is 11.0 Å². The minimum atomic E-state index is -4.51. The molecule has 0 aliphatic carbocycles. The minimum Gasteiger partial charge on any atom is -0.343 e. The van der Waals surface area contributed by atoms with Crippen LogP contribution in [0, 0.1) is 0 Å². The summed E-state index contributed by atoms with van der Waals surface area (Å²) < 4.78 is 37.5. The van der Waals surface area contributed by atoms with Gasteiger partial charge in [0.25, 0.3) is 17.7 Å². The Morgan fingerprint density at radius 2 is 1.54 bits per heavy atom. The van der Waals surface area contributed by atoms with Crippen LogP contribution in [0.2, 0.25) is 10.0 Å². The first kappa shape index (κ1) is 21.5. The predicted molar refractivity (Wildman–Crippen MR) is 95.8 cm³/mol. The largest absolute Gasteiger partial charge is 0.416 e. The maximum atomic E-state index is 12.5.